The second-order valence-corrected chi connectivity index (χ2v) is 8.07. The molecule has 1 aliphatic rings. The summed E-state index contributed by atoms with van der Waals surface area (Å²) in [6, 6.07) is 24.8. The second kappa shape index (κ2) is 8.32. The molecule has 0 amide bonds. The van der Waals surface area contributed by atoms with Crippen LogP contribution in [0.3, 0.4) is 0 Å². The van der Waals surface area contributed by atoms with Crippen molar-refractivity contribution in [1.82, 2.24) is 24.8 Å². The smallest absolute Gasteiger partial charge is 0.170 e. The highest BCUT2D eigenvalue weighted by Crippen LogP contribution is 2.40. The number of benzene rings is 1. The Morgan fingerprint density at radius 1 is 0.935 bits per heavy atom. The zero-order valence-electron chi connectivity index (χ0n) is 17.2. The lowest BCUT2D eigenvalue weighted by atomic mass is 10.0. The lowest BCUT2D eigenvalue weighted by molar-refractivity contribution is 0.302. The molecule has 6 heteroatoms. The first-order valence-electron chi connectivity index (χ1n) is 10.3. The van der Waals surface area contributed by atoms with Gasteiger partial charge in [0.15, 0.2) is 5.11 Å². The van der Waals surface area contributed by atoms with Crippen molar-refractivity contribution in [2.75, 3.05) is 0 Å². The summed E-state index contributed by atoms with van der Waals surface area (Å²) in [5.41, 5.74) is 5.54. The highest BCUT2D eigenvalue weighted by Gasteiger charge is 2.41. The molecular formula is C25H23N5S. The average Bonchev–Trinajstić information content (AvgIpc) is 3.35. The molecule has 1 saturated heterocycles. The van der Waals surface area contributed by atoms with Gasteiger partial charge in [-0.25, -0.2) is 0 Å². The highest BCUT2D eigenvalue weighted by atomic mass is 32.1. The Labute approximate surface area is 187 Å². The van der Waals surface area contributed by atoms with Crippen molar-refractivity contribution in [2.24, 2.45) is 0 Å². The quantitative estimate of drug-likeness (QED) is 0.468. The Hall–Kier alpha value is -3.51. The van der Waals surface area contributed by atoms with Gasteiger partial charge in [0.25, 0.3) is 0 Å². The molecular weight excluding hydrogens is 402 g/mol. The van der Waals surface area contributed by atoms with Crippen molar-refractivity contribution in [1.29, 1.82) is 0 Å². The SMILES string of the molecule is Cc1ccc([C@@H]2[C@H](c3ccccn3)NC(=S)N2Cc2ccccc2)n1-c1cccnc1. The molecule has 0 saturated carbocycles. The molecule has 5 nitrogen and oxygen atoms in total. The fraction of sp³-hybridized carbons (Fsp3) is 0.160. The van der Waals surface area contributed by atoms with Crippen LogP contribution in [0.2, 0.25) is 0 Å². The first-order chi connectivity index (χ1) is 15.2. The minimum absolute atomic E-state index is 0.0171. The van der Waals surface area contributed by atoms with E-state index in [1.54, 1.807) is 6.20 Å². The van der Waals surface area contributed by atoms with E-state index in [0.717, 1.165) is 34.4 Å². The highest BCUT2D eigenvalue weighted by molar-refractivity contribution is 7.80. The van der Waals surface area contributed by atoms with Gasteiger partial charge in [-0.2, -0.15) is 0 Å². The van der Waals surface area contributed by atoms with E-state index in [2.05, 4.69) is 80.2 Å². The van der Waals surface area contributed by atoms with Crippen molar-refractivity contribution in [3.8, 4) is 5.69 Å². The topological polar surface area (TPSA) is 46.0 Å². The number of pyridine rings is 2. The van der Waals surface area contributed by atoms with Crippen LogP contribution in [0.15, 0.2) is 91.4 Å². The van der Waals surface area contributed by atoms with Gasteiger partial charge < -0.3 is 14.8 Å². The summed E-state index contributed by atoms with van der Waals surface area (Å²) in [6.45, 7) is 2.84. The van der Waals surface area contributed by atoms with Crippen molar-refractivity contribution < 1.29 is 0 Å². The van der Waals surface area contributed by atoms with Crippen LogP contribution in [0.25, 0.3) is 5.69 Å². The minimum Gasteiger partial charge on any atom is -0.352 e. The van der Waals surface area contributed by atoms with Crippen LogP contribution in [0.4, 0.5) is 0 Å². The number of nitrogens with zero attached hydrogens (tertiary/aromatic N) is 4. The summed E-state index contributed by atoms with van der Waals surface area (Å²) in [6.07, 6.45) is 5.53. The summed E-state index contributed by atoms with van der Waals surface area (Å²) in [4.78, 5) is 11.3. The third kappa shape index (κ3) is 3.70. The van der Waals surface area contributed by atoms with Crippen molar-refractivity contribution in [3.05, 3.63) is 114 Å². The van der Waals surface area contributed by atoms with Crippen LogP contribution < -0.4 is 5.32 Å². The molecule has 31 heavy (non-hydrogen) atoms. The van der Waals surface area contributed by atoms with Crippen LogP contribution in [0.1, 0.15) is 34.7 Å². The van der Waals surface area contributed by atoms with Gasteiger partial charge in [0.05, 0.1) is 29.7 Å². The molecule has 1 N–H and O–H groups in total. The first kappa shape index (κ1) is 19.5. The zero-order valence-corrected chi connectivity index (χ0v) is 18.0. The van der Waals surface area contributed by atoms with E-state index < -0.39 is 0 Å². The summed E-state index contributed by atoms with van der Waals surface area (Å²) in [5.74, 6) is 0. The van der Waals surface area contributed by atoms with Crippen LogP contribution in [0, 0.1) is 6.92 Å². The molecule has 4 aromatic rings. The molecule has 0 unspecified atom stereocenters. The summed E-state index contributed by atoms with van der Waals surface area (Å²) in [7, 11) is 0. The lowest BCUT2D eigenvalue weighted by Gasteiger charge is -2.29. The predicted octanol–water partition coefficient (Wildman–Crippen LogP) is 4.75. The summed E-state index contributed by atoms with van der Waals surface area (Å²) in [5, 5.41) is 4.28. The van der Waals surface area contributed by atoms with Gasteiger partial charge in [0, 0.05) is 30.3 Å². The maximum Gasteiger partial charge on any atom is 0.170 e. The van der Waals surface area contributed by atoms with E-state index in [9.17, 15) is 0 Å². The van der Waals surface area contributed by atoms with Gasteiger partial charge in [-0.05, 0) is 61.1 Å². The second-order valence-electron chi connectivity index (χ2n) is 7.69. The minimum atomic E-state index is -0.0536. The van der Waals surface area contributed by atoms with E-state index >= 15 is 0 Å². The molecule has 5 rings (SSSR count). The maximum absolute atomic E-state index is 5.83. The van der Waals surface area contributed by atoms with Gasteiger partial charge in [0.2, 0.25) is 0 Å². The molecule has 0 bridgehead atoms. The molecule has 2 atom stereocenters. The average molecular weight is 426 g/mol. The molecule has 154 valence electrons. The molecule has 1 fully saturated rings. The van der Waals surface area contributed by atoms with Gasteiger partial charge in [-0.1, -0.05) is 36.4 Å². The number of thiocarbonyl (C=S) groups is 1. The Balaban J connectivity index is 1.63. The van der Waals surface area contributed by atoms with E-state index in [0.29, 0.717) is 0 Å². The summed E-state index contributed by atoms with van der Waals surface area (Å²) < 4.78 is 2.27. The molecule has 4 heterocycles. The van der Waals surface area contributed by atoms with E-state index in [1.165, 1.54) is 5.56 Å². The Morgan fingerprint density at radius 3 is 2.52 bits per heavy atom. The fourth-order valence-electron chi connectivity index (χ4n) is 4.31. The largest absolute Gasteiger partial charge is 0.352 e. The molecule has 3 aromatic heterocycles. The standard InChI is InChI=1S/C25H23N5S/c1-18-12-13-22(30(18)20-10-7-14-26-16-20)24-23(21-11-5-6-15-27-21)28-25(31)29(24)17-19-8-3-2-4-9-19/h2-16,23-24H,17H2,1H3,(H,28,31)/t23-,24+/m0/s1. The Kier molecular flexibility index (Phi) is 5.22. The number of aromatic nitrogens is 3. The molecule has 1 aromatic carbocycles. The lowest BCUT2D eigenvalue weighted by Crippen LogP contribution is -2.30. The van der Waals surface area contributed by atoms with Gasteiger partial charge in [-0.15, -0.1) is 0 Å². The monoisotopic (exact) mass is 425 g/mol. The maximum atomic E-state index is 5.83. The predicted molar refractivity (Wildman–Crippen MR) is 126 cm³/mol. The van der Waals surface area contributed by atoms with E-state index in [4.69, 9.17) is 12.2 Å². The van der Waals surface area contributed by atoms with Crippen LogP contribution >= 0.6 is 12.2 Å². The van der Waals surface area contributed by atoms with Crippen molar-refractivity contribution >= 4 is 17.3 Å². The third-order valence-corrected chi connectivity index (χ3v) is 6.06. The normalized spacial score (nSPS) is 18.2. The molecule has 1 aliphatic heterocycles. The first-order valence-corrected chi connectivity index (χ1v) is 10.7. The third-order valence-electron chi connectivity index (χ3n) is 5.71. The van der Waals surface area contributed by atoms with Crippen molar-refractivity contribution in [2.45, 2.75) is 25.6 Å². The Morgan fingerprint density at radius 2 is 1.77 bits per heavy atom. The number of hydrogen-bond donors (Lipinski definition) is 1. The van der Waals surface area contributed by atoms with E-state index in [-0.39, 0.29) is 12.1 Å². The van der Waals surface area contributed by atoms with Crippen LogP contribution in [-0.2, 0) is 6.54 Å². The summed E-state index contributed by atoms with van der Waals surface area (Å²) >= 11 is 5.83. The number of nitrogens with one attached hydrogen (secondary N) is 1. The van der Waals surface area contributed by atoms with Gasteiger partial charge in [0.1, 0.15) is 0 Å². The molecule has 0 aliphatic carbocycles. The zero-order chi connectivity index (χ0) is 21.2. The van der Waals surface area contributed by atoms with Gasteiger partial charge in [-0.3, -0.25) is 9.97 Å². The number of hydrogen-bond acceptors (Lipinski definition) is 3. The number of rotatable bonds is 5. The number of aryl methyl sites for hydroxylation is 1. The van der Waals surface area contributed by atoms with Crippen molar-refractivity contribution in [3.63, 3.8) is 0 Å². The van der Waals surface area contributed by atoms with Crippen LogP contribution in [0.5, 0.6) is 0 Å². The van der Waals surface area contributed by atoms with E-state index in [1.807, 2.05) is 36.7 Å². The Bertz CT molecular complexity index is 1170. The van der Waals surface area contributed by atoms with Gasteiger partial charge >= 0.3 is 0 Å². The van der Waals surface area contributed by atoms with Crippen LogP contribution in [-0.4, -0.2) is 24.5 Å². The fourth-order valence-corrected chi connectivity index (χ4v) is 4.61. The molecule has 0 spiro atoms. The molecule has 0 radical (unpaired) electrons.